The second kappa shape index (κ2) is 8.78. The van der Waals surface area contributed by atoms with Crippen molar-refractivity contribution in [1.82, 2.24) is 5.32 Å². The molecule has 0 saturated heterocycles. The lowest BCUT2D eigenvalue weighted by atomic mass is 10.0. The first-order valence-corrected chi connectivity index (χ1v) is 11.3. The van der Waals surface area contributed by atoms with E-state index in [2.05, 4.69) is 19.2 Å². The molecule has 0 aromatic heterocycles. The Labute approximate surface area is 167 Å². The van der Waals surface area contributed by atoms with Gasteiger partial charge in [-0.15, -0.1) is 0 Å². The highest BCUT2D eigenvalue weighted by atomic mass is 32.2. The van der Waals surface area contributed by atoms with Crippen molar-refractivity contribution >= 4 is 21.6 Å². The van der Waals surface area contributed by atoms with Gasteiger partial charge < -0.3 is 5.32 Å². The lowest BCUT2D eigenvalue weighted by Gasteiger charge is -2.25. The molecule has 6 heteroatoms. The van der Waals surface area contributed by atoms with Crippen LogP contribution in [0.2, 0.25) is 0 Å². The molecular weight excluding hydrogens is 372 g/mol. The smallest absolute Gasteiger partial charge is 0.264 e. The number of hydrogen-bond acceptors (Lipinski definition) is 3. The summed E-state index contributed by atoms with van der Waals surface area (Å²) in [6.07, 6.45) is 4.13. The molecule has 0 radical (unpaired) electrons. The third-order valence-corrected chi connectivity index (χ3v) is 6.97. The van der Waals surface area contributed by atoms with Crippen LogP contribution >= 0.6 is 0 Å². The van der Waals surface area contributed by atoms with Gasteiger partial charge in [-0.05, 0) is 48.6 Å². The molecule has 2 aromatic rings. The zero-order chi connectivity index (χ0) is 20.1. The Kier molecular flexibility index (Phi) is 6.39. The molecular formula is C22H28N2O3S. The highest BCUT2D eigenvalue weighted by Gasteiger charge is 2.28. The van der Waals surface area contributed by atoms with E-state index in [1.807, 2.05) is 12.1 Å². The van der Waals surface area contributed by atoms with E-state index in [-0.39, 0.29) is 23.4 Å². The molecule has 1 aliphatic rings. The fourth-order valence-electron chi connectivity index (χ4n) is 3.53. The van der Waals surface area contributed by atoms with Gasteiger partial charge in [0.05, 0.1) is 10.6 Å². The van der Waals surface area contributed by atoms with Crippen molar-refractivity contribution in [3.8, 4) is 0 Å². The van der Waals surface area contributed by atoms with Crippen LogP contribution in [0.1, 0.15) is 51.0 Å². The molecule has 0 atom stereocenters. The molecule has 3 rings (SSSR count). The molecule has 0 bridgehead atoms. The minimum absolute atomic E-state index is 0.150. The Morgan fingerprint density at radius 1 is 1.04 bits per heavy atom. The van der Waals surface area contributed by atoms with Gasteiger partial charge >= 0.3 is 0 Å². The van der Waals surface area contributed by atoms with Crippen LogP contribution in [0.15, 0.2) is 59.5 Å². The summed E-state index contributed by atoms with van der Waals surface area (Å²) in [5, 5.41) is 2.99. The number of anilines is 1. The summed E-state index contributed by atoms with van der Waals surface area (Å²) in [7, 11) is -3.84. The minimum Gasteiger partial charge on any atom is -0.352 e. The van der Waals surface area contributed by atoms with Gasteiger partial charge in [-0.3, -0.25) is 9.10 Å². The predicted molar refractivity (Wildman–Crippen MR) is 112 cm³/mol. The lowest BCUT2D eigenvalue weighted by Crippen LogP contribution is -2.43. The summed E-state index contributed by atoms with van der Waals surface area (Å²) in [5.41, 5.74) is 1.62. The fourth-order valence-corrected chi connectivity index (χ4v) is 4.98. The number of nitrogens with zero attached hydrogens (tertiary/aromatic N) is 1. The van der Waals surface area contributed by atoms with E-state index < -0.39 is 10.0 Å². The van der Waals surface area contributed by atoms with Gasteiger partial charge in [0, 0.05) is 6.04 Å². The van der Waals surface area contributed by atoms with Crippen LogP contribution in [0.5, 0.6) is 0 Å². The van der Waals surface area contributed by atoms with E-state index in [9.17, 15) is 13.2 Å². The Hall–Kier alpha value is -2.34. The molecule has 1 amide bonds. The van der Waals surface area contributed by atoms with Crippen molar-refractivity contribution < 1.29 is 13.2 Å². The maximum absolute atomic E-state index is 13.3. The average molecular weight is 401 g/mol. The van der Waals surface area contributed by atoms with E-state index in [0.29, 0.717) is 11.6 Å². The van der Waals surface area contributed by atoms with Gasteiger partial charge in [-0.25, -0.2) is 8.42 Å². The molecule has 0 aliphatic heterocycles. The zero-order valence-electron chi connectivity index (χ0n) is 16.5. The van der Waals surface area contributed by atoms with Gasteiger partial charge in [-0.2, -0.15) is 0 Å². The van der Waals surface area contributed by atoms with Crippen LogP contribution in [0.25, 0.3) is 0 Å². The van der Waals surface area contributed by atoms with Crippen molar-refractivity contribution in [3.63, 3.8) is 0 Å². The van der Waals surface area contributed by atoms with E-state index >= 15 is 0 Å². The van der Waals surface area contributed by atoms with Crippen molar-refractivity contribution in [2.24, 2.45) is 0 Å². The number of carbonyl (C=O) groups is 1. The predicted octanol–water partition coefficient (Wildman–Crippen LogP) is 4.06. The van der Waals surface area contributed by atoms with E-state index in [1.165, 1.54) is 4.31 Å². The van der Waals surface area contributed by atoms with E-state index in [0.717, 1.165) is 31.2 Å². The quantitative estimate of drug-likeness (QED) is 0.762. The van der Waals surface area contributed by atoms with Gasteiger partial charge in [0.15, 0.2) is 0 Å². The third kappa shape index (κ3) is 4.73. The minimum atomic E-state index is -3.84. The van der Waals surface area contributed by atoms with Crippen LogP contribution in [0.4, 0.5) is 5.69 Å². The number of nitrogens with one attached hydrogen (secondary N) is 1. The fraction of sp³-hybridized carbons (Fsp3) is 0.409. The SMILES string of the molecule is CC(C)c1ccc(N(CC(=O)NC2CCCC2)S(=O)(=O)c2ccccc2)cc1. The number of amides is 1. The van der Waals surface area contributed by atoms with Crippen molar-refractivity contribution in [1.29, 1.82) is 0 Å². The van der Waals surface area contributed by atoms with Gasteiger partial charge in [0.2, 0.25) is 5.91 Å². The van der Waals surface area contributed by atoms with Crippen molar-refractivity contribution in [2.75, 3.05) is 10.8 Å². The summed E-state index contributed by atoms with van der Waals surface area (Å²) in [6, 6.07) is 15.8. The number of benzene rings is 2. The van der Waals surface area contributed by atoms with Crippen LogP contribution < -0.4 is 9.62 Å². The standard InChI is InChI=1S/C22H28N2O3S/c1-17(2)18-12-14-20(15-13-18)24(16-22(25)23-19-8-6-7-9-19)28(26,27)21-10-4-3-5-11-21/h3-5,10-15,17,19H,6-9,16H2,1-2H3,(H,23,25). The summed E-state index contributed by atoms with van der Waals surface area (Å²) < 4.78 is 27.7. The normalized spacial score (nSPS) is 15.0. The highest BCUT2D eigenvalue weighted by Crippen LogP contribution is 2.26. The lowest BCUT2D eigenvalue weighted by molar-refractivity contribution is -0.120. The first-order valence-electron chi connectivity index (χ1n) is 9.85. The van der Waals surface area contributed by atoms with Crippen LogP contribution in [-0.2, 0) is 14.8 Å². The molecule has 0 unspecified atom stereocenters. The molecule has 0 spiro atoms. The molecule has 1 N–H and O–H groups in total. The molecule has 1 aliphatic carbocycles. The maximum atomic E-state index is 13.3. The van der Waals surface area contributed by atoms with Crippen LogP contribution in [0, 0.1) is 0 Å². The zero-order valence-corrected chi connectivity index (χ0v) is 17.3. The van der Waals surface area contributed by atoms with Crippen LogP contribution in [-0.4, -0.2) is 26.9 Å². The molecule has 150 valence electrons. The van der Waals surface area contributed by atoms with Gasteiger partial charge in [-0.1, -0.05) is 57.0 Å². The monoisotopic (exact) mass is 400 g/mol. The maximum Gasteiger partial charge on any atom is 0.264 e. The number of hydrogen-bond donors (Lipinski definition) is 1. The molecule has 0 heterocycles. The third-order valence-electron chi connectivity index (χ3n) is 5.19. The Balaban J connectivity index is 1.90. The summed E-state index contributed by atoms with van der Waals surface area (Å²) >= 11 is 0. The summed E-state index contributed by atoms with van der Waals surface area (Å²) in [6.45, 7) is 3.94. The van der Waals surface area contributed by atoms with Crippen LogP contribution in [0.3, 0.4) is 0 Å². The highest BCUT2D eigenvalue weighted by molar-refractivity contribution is 7.92. The average Bonchev–Trinajstić information content (AvgIpc) is 3.19. The van der Waals surface area contributed by atoms with Crippen molar-refractivity contribution in [3.05, 3.63) is 60.2 Å². The molecule has 2 aromatic carbocycles. The molecule has 28 heavy (non-hydrogen) atoms. The van der Waals surface area contributed by atoms with Crippen molar-refractivity contribution in [2.45, 2.75) is 56.4 Å². The Bertz CT molecular complexity index is 887. The molecule has 1 fully saturated rings. The molecule has 5 nitrogen and oxygen atoms in total. The molecule has 1 saturated carbocycles. The van der Waals surface area contributed by atoms with Gasteiger partial charge in [0.1, 0.15) is 6.54 Å². The number of carbonyl (C=O) groups excluding carboxylic acids is 1. The topological polar surface area (TPSA) is 66.5 Å². The van der Waals surface area contributed by atoms with Gasteiger partial charge in [0.25, 0.3) is 10.0 Å². The Morgan fingerprint density at radius 2 is 1.64 bits per heavy atom. The largest absolute Gasteiger partial charge is 0.352 e. The number of rotatable bonds is 7. The second-order valence-corrected chi connectivity index (χ2v) is 9.48. The number of sulfonamides is 1. The Morgan fingerprint density at radius 3 is 2.21 bits per heavy atom. The summed E-state index contributed by atoms with van der Waals surface area (Å²) in [5.74, 6) is 0.0817. The first-order chi connectivity index (χ1) is 13.4. The second-order valence-electron chi connectivity index (χ2n) is 7.62. The van der Waals surface area contributed by atoms with E-state index in [4.69, 9.17) is 0 Å². The van der Waals surface area contributed by atoms with E-state index in [1.54, 1.807) is 42.5 Å². The summed E-state index contributed by atoms with van der Waals surface area (Å²) in [4.78, 5) is 12.8. The first kappa shape index (κ1) is 20.4.